The molecule has 0 bridgehead atoms. The van der Waals surface area contributed by atoms with E-state index in [1.807, 2.05) is 7.05 Å². The van der Waals surface area contributed by atoms with Gasteiger partial charge in [0.15, 0.2) is 0 Å². The molecule has 1 heterocycles. The van der Waals surface area contributed by atoms with Crippen LogP contribution < -0.4 is 5.32 Å². The first-order valence-corrected chi connectivity index (χ1v) is 7.04. The number of aromatic nitrogens is 2. The fourth-order valence-corrected chi connectivity index (χ4v) is 2.48. The highest BCUT2D eigenvalue weighted by Crippen LogP contribution is 2.23. The largest absolute Gasteiger partial charge is 0.372 e. The van der Waals surface area contributed by atoms with Crippen LogP contribution in [0.5, 0.6) is 0 Å². The van der Waals surface area contributed by atoms with Crippen molar-refractivity contribution in [3.63, 3.8) is 0 Å². The molecule has 0 unspecified atom stereocenters. The summed E-state index contributed by atoms with van der Waals surface area (Å²) in [5.74, 6) is 1.92. The zero-order valence-corrected chi connectivity index (χ0v) is 12.1. The smallest absolute Gasteiger partial charge is 0.143 e. The molecule has 2 rings (SSSR count). The number of anilines is 1. The van der Waals surface area contributed by atoms with Gasteiger partial charge in [0.25, 0.3) is 0 Å². The molecular weight excluding hydrogens is 317 g/mol. The summed E-state index contributed by atoms with van der Waals surface area (Å²) in [7, 11) is 1.81. The summed E-state index contributed by atoms with van der Waals surface area (Å²) in [4.78, 5) is 9.58. The van der Waals surface area contributed by atoms with Crippen molar-refractivity contribution < 1.29 is 4.39 Å². The van der Waals surface area contributed by atoms with Gasteiger partial charge in [-0.1, -0.05) is 0 Å². The van der Waals surface area contributed by atoms with Gasteiger partial charge in [0, 0.05) is 18.1 Å². The minimum Gasteiger partial charge on any atom is -0.372 e. The topological polar surface area (TPSA) is 37.8 Å². The van der Waals surface area contributed by atoms with Gasteiger partial charge in [-0.25, -0.2) is 14.4 Å². The first kappa shape index (κ1) is 13.3. The van der Waals surface area contributed by atoms with Gasteiger partial charge in [0.05, 0.1) is 10.2 Å². The van der Waals surface area contributed by atoms with Gasteiger partial charge in [0.2, 0.25) is 0 Å². The summed E-state index contributed by atoms with van der Waals surface area (Å²) < 4.78 is 13.6. The Hall–Kier alpha value is -1.14. The average Bonchev–Trinajstić information content (AvgIpc) is 2.39. The zero-order valence-electron chi connectivity index (χ0n) is 9.65. The van der Waals surface area contributed by atoms with Crippen LogP contribution in [0, 0.1) is 5.82 Å². The molecule has 1 aromatic carbocycles. The number of benzene rings is 1. The third-order valence-corrected chi connectivity index (χ3v) is 3.80. The van der Waals surface area contributed by atoms with Crippen molar-refractivity contribution in [1.29, 1.82) is 0 Å². The van der Waals surface area contributed by atoms with E-state index >= 15 is 0 Å². The predicted octanol–water partition coefficient (Wildman–Crippen LogP) is 3.71. The van der Waals surface area contributed by atoms with Crippen LogP contribution in [0.15, 0.2) is 39.8 Å². The number of halogens is 2. The molecule has 2 aromatic rings. The highest BCUT2D eigenvalue weighted by atomic mass is 79.9. The maximum absolute atomic E-state index is 12.7. The maximum atomic E-state index is 12.7. The fraction of sp³-hybridized carbons (Fsp3) is 0.167. The molecule has 6 heteroatoms. The van der Waals surface area contributed by atoms with Crippen LogP contribution in [-0.4, -0.2) is 17.0 Å². The van der Waals surface area contributed by atoms with Crippen LogP contribution in [0.4, 0.5) is 10.2 Å². The van der Waals surface area contributed by atoms with Gasteiger partial charge in [-0.15, -0.1) is 11.8 Å². The molecule has 1 N–H and O–H groups in total. The minimum absolute atomic E-state index is 0.225. The van der Waals surface area contributed by atoms with Crippen molar-refractivity contribution in [2.45, 2.75) is 10.6 Å². The second kappa shape index (κ2) is 6.15. The molecule has 0 aliphatic rings. The molecule has 1 aromatic heterocycles. The molecule has 0 saturated carbocycles. The van der Waals surface area contributed by atoms with Crippen LogP contribution >= 0.6 is 27.7 Å². The van der Waals surface area contributed by atoms with Crippen molar-refractivity contribution in [1.82, 2.24) is 9.97 Å². The Morgan fingerprint density at radius 1 is 1.33 bits per heavy atom. The molecule has 0 radical (unpaired) electrons. The Labute approximate surface area is 117 Å². The van der Waals surface area contributed by atoms with Gasteiger partial charge < -0.3 is 5.32 Å². The first-order chi connectivity index (χ1) is 8.69. The van der Waals surface area contributed by atoms with E-state index < -0.39 is 0 Å². The molecule has 0 amide bonds. The second-order valence-corrected chi connectivity index (χ2v) is 5.38. The Morgan fingerprint density at radius 2 is 2.06 bits per heavy atom. The van der Waals surface area contributed by atoms with Crippen molar-refractivity contribution in [3.8, 4) is 0 Å². The third-order valence-electron chi connectivity index (χ3n) is 2.21. The molecule has 18 heavy (non-hydrogen) atoms. The lowest BCUT2D eigenvalue weighted by molar-refractivity contribution is 0.626. The van der Waals surface area contributed by atoms with E-state index in [9.17, 15) is 4.39 Å². The molecule has 94 valence electrons. The zero-order chi connectivity index (χ0) is 13.0. The normalized spacial score (nSPS) is 10.4. The Morgan fingerprint density at radius 3 is 2.72 bits per heavy atom. The van der Waals surface area contributed by atoms with Crippen LogP contribution in [0.2, 0.25) is 0 Å². The van der Waals surface area contributed by atoms with E-state index in [0.29, 0.717) is 5.75 Å². The number of hydrogen-bond donors (Lipinski definition) is 1. The molecule has 0 fully saturated rings. The standard InChI is InChI=1S/C12H11BrFN3S/c1-15-12-10(13)6-16-11(17-12)7-18-9-4-2-8(14)3-5-9/h2-6H,7H2,1H3,(H,15,16,17). The van der Waals surface area contributed by atoms with Gasteiger partial charge in [0.1, 0.15) is 17.5 Å². The van der Waals surface area contributed by atoms with Gasteiger partial charge in [-0.3, -0.25) is 0 Å². The SMILES string of the molecule is CNc1nc(CSc2ccc(F)cc2)ncc1Br. The number of nitrogens with zero attached hydrogens (tertiary/aromatic N) is 2. The molecule has 0 aliphatic heterocycles. The highest BCUT2D eigenvalue weighted by molar-refractivity contribution is 9.10. The van der Waals surface area contributed by atoms with E-state index in [0.717, 1.165) is 21.0 Å². The van der Waals surface area contributed by atoms with Crippen molar-refractivity contribution in [2.75, 3.05) is 12.4 Å². The average molecular weight is 328 g/mol. The Kier molecular flexibility index (Phi) is 4.54. The lowest BCUT2D eigenvalue weighted by atomic mass is 10.4. The summed E-state index contributed by atoms with van der Waals surface area (Å²) in [5, 5.41) is 2.98. The van der Waals surface area contributed by atoms with E-state index in [4.69, 9.17) is 0 Å². The van der Waals surface area contributed by atoms with Gasteiger partial charge in [-0.2, -0.15) is 0 Å². The van der Waals surface area contributed by atoms with Crippen LogP contribution in [0.1, 0.15) is 5.82 Å². The monoisotopic (exact) mass is 327 g/mol. The van der Waals surface area contributed by atoms with Gasteiger partial charge in [-0.05, 0) is 40.2 Å². The van der Waals surface area contributed by atoms with E-state index in [1.54, 1.807) is 30.1 Å². The molecule has 0 saturated heterocycles. The highest BCUT2D eigenvalue weighted by Gasteiger charge is 2.04. The van der Waals surface area contributed by atoms with E-state index in [2.05, 4.69) is 31.2 Å². The molecule has 3 nitrogen and oxygen atoms in total. The second-order valence-electron chi connectivity index (χ2n) is 3.48. The van der Waals surface area contributed by atoms with E-state index in [1.165, 1.54) is 12.1 Å². The van der Waals surface area contributed by atoms with Crippen LogP contribution in [-0.2, 0) is 5.75 Å². The lowest BCUT2D eigenvalue weighted by Gasteiger charge is -2.05. The minimum atomic E-state index is -0.225. The molecule has 0 aliphatic carbocycles. The van der Waals surface area contributed by atoms with Crippen molar-refractivity contribution >= 4 is 33.5 Å². The van der Waals surface area contributed by atoms with Crippen molar-refractivity contribution in [2.24, 2.45) is 0 Å². The number of rotatable bonds is 4. The summed E-state index contributed by atoms with van der Waals surface area (Å²) in [6, 6.07) is 6.39. The third kappa shape index (κ3) is 3.43. The quantitative estimate of drug-likeness (QED) is 0.868. The van der Waals surface area contributed by atoms with E-state index in [-0.39, 0.29) is 5.82 Å². The Bertz CT molecular complexity index is 533. The molecular formula is C12H11BrFN3S. The number of nitrogens with one attached hydrogen (secondary N) is 1. The lowest BCUT2D eigenvalue weighted by Crippen LogP contribution is -1.99. The van der Waals surface area contributed by atoms with Crippen molar-refractivity contribution in [3.05, 3.63) is 46.6 Å². The first-order valence-electron chi connectivity index (χ1n) is 5.26. The fourth-order valence-electron chi connectivity index (χ4n) is 1.33. The summed E-state index contributed by atoms with van der Waals surface area (Å²) >= 11 is 4.93. The Balaban J connectivity index is 2.04. The number of hydrogen-bond acceptors (Lipinski definition) is 4. The number of thioether (sulfide) groups is 1. The molecule has 0 spiro atoms. The molecule has 0 atom stereocenters. The van der Waals surface area contributed by atoms with Gasteiger partial charge >= 0.3 is 0 Å². The summed E-state index contributed by atoms with van der Waals surface area (Å²) in [5.41, 5.74) is 0. The summed E-state index contributed by atoms with van der Waals surface area (Å²) in [6.45, 7) is 0. The maximum Gasteiger partial charge on any atom is 0.143 e. The predicted molar refractivity (Wildman–Crippen MR) is 75.2 cm³/mol. The van der Waals surface area contributed by atoms with Crippen LogP contribution in [0.25, 0.3) is 0 Å². The summed E-state index contributed by atoms with van der Waals surface area (Å²) in [6.07, 6.45) is 1.72. The van der Waals surface area contributed by atoms with Crippen LogP contribution in [0.3, 0.4) is 0 Å².